The van der Waals surface area contributed by atoms with E-state index >= 15 is 0 Å². The van der Waals surface area contributed by atoms with Crippen LogP contribution in [0.25, 0.3) is 0 Å². The van der Waals surface area contributed by atoms with Gasteiger partial charge in [0.15, 0.2) is 0 Å². The summed E-state index contributed by atoms with van der Waals surface area (Å²) in [5.41, 5.74) is 1.22. The number of likely N-dealkylation sites (tertiary alicyclic amines) is 1. The number of benzene rings is 1. The number of nitrogens with one attached hydrogen (secondary N) is 2. The monoisotopic (exact) mass is 245 g/mol. The minimum absolute atomic E-state index is 0.0463. The largest absolute Gasteiger partial charge is 0.333 e. The summed E-state index contributed by atoms with van der Waals surface area (Å²) in [6, 6.07) is 9.72. The molecule has 0 saturated carbocycles. The van der Waals surface area contributed by atoms with Gasteiger partial charge in [0, 0.05) is 19.6 Å². The maximum Gasteiger partial charge on any atom is 0.321 e. The molecule has 0 radical (unpaired) electrons. The molecule has 1 aromatic carbocycles. The Morgan fingerprint density at radius 3 is 2.72 bits per heavy atom. The molecule has 5 heteroatoms. The van der Waals surface area contributed by atoms with Gasteiger partial charge in [0.05, 0.1) is 12.0 Å². The van der Waals surface area contributed by atoms with Gasteiger partial charge in [-0.15, -0.1) is 0 Å². The zero-order valence-electron chi connectivity index (χ0n) is 9.93. The average molecular weight is 245 g/mol. The van der Waals surface area contributed by atoms with Crippen LogP contribution >= 0.6 is 0 Å². The zero-order valence-corrected chi connectivity index (χ0v) is 9.93. The summed E-state index contributed by atoms with van der Waals surface area (Å²) in [6.07, 6.45) is 0. The molecule has 2 atom stereocenters. The van der Waals surface area contributed by atoms with Crippen LogP contribution in [0.15, 0.2) is 30.3 Å². The molecular formula is C13H15N3O2. The van der Waals surface area contributed by atoms with Crippen molar-refractivity contribution in [2.45, 2.75) is 12.6 Å². The second-order valence-corrected chi connectivity index (χ2v) is 4.86. The van der Waals surface area contributed by atoms with Crippen molar-refractivity contribution in [2.75, 3.05) is 13.1 Å². The molecule has 0 spiro atoms. The van der Waals surface area contributed by atoms with Crippen LogP contribution in [0.2, 0.25) is 0 Å². The van der Waals surface area contributed by atoms with Crippen LogP contribution in [0.3, 0.4) is 0 Å². The van der Waals surface area contributed by atoms with Crippen LogP contribution in [0.4, 0.5) is 4.79 Å². The van der Waals surface area contributed by atoms with E-state index in [0.717, 1.165) is 13.1 Å². The van der Waals surface area contributed by atoms with Crippen molar-refractivity contribution in [2.24, 2.45) is 5.92 Å². The van der Waals surface area contributed by atoms with Crippen LogP contribution in [-0.2, 0) is 11.3 Å². The van der Waals surface area contributed by atoms with E-state index in [2.05, 4.69) is 27.7 Å². The fraction of sp³-hybridized carbons (Fsp3) is 0.385. The van der Waals surface area contributed by atoms with Crippen LogP contribution in [0.1, 0.15) is 5.56 Å². The second-order valence-electron chi connectivity index (χ2n) is 4.86. The SMILES string of the molecule is O=C1NC(=O)[C@H]2CN(Cc3ccccc3)C[C@@H]2N1. The first-order valence-electron chi connectivity index (χ1n) is 6.10. The van der Waals surface area contributed by atoms with Crippen molar-refractivity contribution in [1.82, 2.24) is 15.5 Å². The van der Waals surface area contributed by atoms with Gasteiger partial charge in [-0.25, -0.2) is 4.79 Å². The Morgan fingerprint density at radius 2 is 1.94 bits per heavy atom. The summed E-state index contributed by atoms with van der Waals surface area (Å²) < 4.78 is 0. The third-order valence-corrected chi connectivity index (χ3v) is 3.53. The highest BCUT2D eigenvalue weighted by Gasteiger charge is 2.42. The number of amides is 3. The fourth-order valence-electron chi connectivity index (χ4n) is 2.68. The molecule has 2 heterocycles. The summed E-state index contributed by atoms with van der Waals surface area (Å²) in [4.78, 5) is 25.1. The van der Waals surface area contributed by atoms with Crippen LogP contribution in [0, 0.1) is 5.92 Å². The van der Waals surface area contributed by atoms with Crippen molar-refractivity contribution in [1.29, 1.82) is 0 Å². The van der Waals surface area contributed by atoms with Crippen molar-refractivity contribution in [3.8, 4) is 0 Å². The number of fused-ring (bicyclic) bond motifs is 1. The highest BCUT2D eigenvalue weighted by atomic mass is 16.2. The van der Waals surface area contributed by atoms with Gasteiger partial charge < -0.3 is 5.32 Å². The number of carbonyl (C=O) groups is 2. The molecule has 2 N–H and O–H groups in total. The predicted octanol–water partition coefficient (Wildman–Crippen LogP) is 0.326. The summed E-state index contributed by atoms with van der Waals surface area (Å²) in [5, 5.41) is 5.13. The smallest absolute Gasteiger partial charge is 0.321 e. The summed E-state index contributed by atoms with van der Waals surface area (Å²) in [6.45, 7) is 2.25. The molecule has 2 fully saturated rings. The first-order chi connectivity index (χ1) is 8.72. The second kappa shape index (κ2) is 4.42. The molecule has 0 aliphatic carbocycles. The Morgan fingerprint density at radius 1 is 1.17 bits per heavy atom. The number of urea groups is 1. The van der Waals surface area contributed by atoms with Gasteiger partial charge in [-0.05, 0) is 5.56 Å². The van der Waals surface area contributed by atoms with Crippen molar-refractivity contribution >= 4 is 11.9 Å². The topological polar surface area (TPSA) is 61.4 Å². The van der Waals surface area contributed by atoms with Crippen LogP contribution < -0.4 is 10.6 Å². The Labute approximate surface area is 105 Å². The highest BCUT2D eigenvalue weighted by Crippen LogP contribution is 2.21. The van der Waals surface area contributed by atoms with E-state index in [4.69, 9.17) is 0 Å². The molecule has 2 saturated heterocycles. The molecule has 0 unspecified atom stereocenters. The number of carbonyl (C=O) groups excluding carboxylic acids is 2. The lowest BCUT2D eigenvalue weighted by Crippen LogP contribution is -2.57. The van der Waals surface area contributed by atoms with Gasteiger partial charge in [-0.3, -0.25) is 15.0 Å². The first kappa shape index (κ1) is 11.2. The number of hydrogen-bond donors (Lipinski definition) is 2. The zero-order chi connectivity index (χ0) is 12.5. The number of hydrogen-bond acceptors (Lipinski definition) is 3. The third kappa shape index (κ3) is 2.09. The Bertz CT molecular complexity index is 474. The van der Waals surface area contributed by atoms with E-state index in [1.54, 1.807) is 0 Å². The Kier molecular flexibility index (Phi) is 2.76. The van der Waals surface area contributed by atoms with E-state index in [9.17, 15) is 9.59 Å². The summed E-state index contributed by atoms with van der Waals surface area (Å²) >= 11 is 0. The molecule has 5 nitrogen and oxygen atoms in total. The van der Waals surface area contributed by atoms with Gasteiger partial charge in [0.25, 0.3) is 0 Å². The number of rotatable bonds is 2. The molecular weight excluding hydrogens is 230 g/mol. The van der Waals surface area contributed by atoms with Gasteiger partial charge >= 0.3 is 6.03 Å². The third-order valence-electron chi connectivity index (χ3n) is 3.53. The lowest BCUT2D eigenvalue weighted by atomic mass is 10.0. The minimum atomic E-state index is -0.372. The van der Waals surface area contributed by atoms with Gasteiger partial charge in [0.1, 0.15) is 0 Å². The molecule has 2 aliphatic heterocycles. The highest BCUT2D eigenvalue weighted by molar-refractivity contribution is 5.98. The quantitative estimate of drug-likeness (QED) is 0.789. The molecule has 0 aromatic heterocycles. The maximum absolute atomic E-state index is 11.7. The Balaban J connectivity index is 1.68. The van der Waals surface area contributed by atoms with Crippen molar-refractivity contribution < 1.29 is 9.59 Å². The van der Waals surface area contributed by atoms with Crippen molar-refractivity contribution in [3.05, 3.63) is 35.9 Å². The molecule has 3 amide bonds. The fourth-order valence-corrected chi connectivity index (χ4v) is 2.68. The van der Waals surface area contributed by atoms with Crippen molar-refractivity contribution in [3.63, 3.8) is 0 Å². The van der Waals surface area contributed by atoms with Gasteiger partial charge in [-0.1, -0.05) is 30.3 Å². The predicted molar refractivity (Wildman–Crippen MR) is 65.7 cm³/mol. The van der Waals surface area contributed by atoms with E-state index < -0.39 is 0 Å². The lowest BCUT2D eigenvalue weighted by molar-refractivity contribution is -0.124. The normalized spacial score (nSPS) is 27.6. The van der Waals surface area contributed by atoms with Gasteiger partial charge in [0.2, 0.25) is 5.91 Å². The molecule has 94 valence electrons. The average Bonchev–Trinajstić information content (AvgIpc) is 2.73. The van der Waals surface area contributed by atoms with Gasteiger partial charge in [-0.2, -0.15) is 0 Å². The number of imide groups is 1. The van der Waals surface area contributed by atoms with E-state index in [0.29, 0.717) is 6.54 Å². The summed E-state index contributed by atoms with van der Waals surface area (Å²) in [7, 11) is 0. The minimum Gasteiger partial charge on any atom is -0.333 e. The van der Waals surface area contributed by atoms with E-state index in [1.165, 1.54) is 5.56 Å². The molecule has 3 rings (SSSR count). The number of nitrogens with zero attached hydrogens (tertiary/aromatic N) is 1. The Hall–Kier alpha value is -1.88. The molecule has 1 aromatic rings. The summed E-state index contributed by atoms with van der Waals surface area (Å²) in [5.74, 6) is -0.272. The standard InChI is InChI=1S/C13H15N3O2/c17-12-10-7-16(6-9-4-2-1-3-5-9)8-11(10)14-13(18)15-12/h1-5,10-11H,6-8H2,(H2,14,15,17,18)/t10-,11-/m0/s1. The molecule has 2 aliphatic rings. The maximum atomic E-state index is 11.7. The van der Waals surface area contributed by atoms with E-state index in [1.807, 2.05) is 18.2 Å². The molecule has 18 heavy (non-hydrogen) atoms. The first-order valence-corrected chi connectivity index (χ1v) is 6.10. The van der Waals surface area contributed by atoms with Crippen LogP contribution in [0.5, 0.6) is 0 Å². The lowest BCUT2D eigenvalue weighted by Gasteiger charge is -2.24. The van der Waals surface area contributed by atoms with Crippen LogP contribution in [-0.4, -0.2) is 36.0 Å². The molecule has 0 bridgehead atoms. The van der Waals surface area contributed by atoms with E-state index in [-0.39, 0.29) is 23.9 Å².